The Bertz CT molecular complexity index is 157. The third kappa shape index (κ3) is 7.80. The number of carbonyl (C=O) groups is 1. The zero-order chi connectivity index (χ0) is 11.6. The highest BCUT2D eigenvalue weighted by molar-refractivity contribution is 5.78. The SMILES string of the molecule is C=CC.CC.CN1CCN(C)C(=O)C1. The molecule has 14 heavy (non-hydrogen) atoms. The number of amides is 1. The lowest BCUT2D eigenvalue weighted by molar-refractivity contribution is -0.133. The van der Waals surface area contributed by atoms with Crippen LogP contribution >= 0.6 is 0 Å². The summed E-state index contributed by atoms with van der Waals surface area (Å²) >= 11 is 0. The van der Waals surface area contributed by atoms with E-state index in [9.17, 15) is 4.79 Å². The van der Waals surface area contributed by atoms with Crippen molar-refractivity contribution >= 4 is 5.91 Å². The van der Waals surface area contributed by atoms with Gasteiger partial charge in [0.15, 0.2) is 0 Å². The largest absolute Gasteiger partial charge is 0.343 e. The third-order valence-electron chi connectivity index (χ3n) is 1.65. The molecule has 0 atom stereocenters. The minimum absolute atomic E-state index is 0.226. The van der Waals surface area contributed by atoms with E-state index in [1.807, 2.05) is 39.8 Å². The van der Waals surface area contributed by atoms with Crippen LogP contribution in [0.4, 0.5) is 0 Å². The first kappa shape index (κ1) is 15.6. The summed E-state index contributed by atoms with van der Waals surface area (Å²) < 4.78 is 0. The standard InChI is InChI=1S/C6H12N2O.C3H6.C2H6/c1-7-3-4-8(2)6(9)5-7;1-3-2;1-2/h3-5H2,1-2H3;3H,1H2,2H3;1-2H3. The Hall–Kier alpha value is -0.830. The Morgan fingerprint density at radius 2 is 1.71 bits per heavy atom. The van der Waals surface area contributed by atoms with Gasteiger partial charge >= 0.3 is 0 Å². The first-order valence-corrected chi connectivity index (χ1v) is 5.11. The number of piperazine rings is 1. The fourth-order valence-corrected chi connectivity index (χ4v) is 0.876. The molecule has 0 bridgehead atoms. The van der Waals surface area contributed by atoms with Gasteiger partial charge in [0.2, 0.25) is 5.91 Å². The maximum absolute atomic E-state index is 10.9. The number of rotatable bonds is 0. The highest BCUT2D eigenvalue weighted by atomic mass is 16.2. The first-order chi connectivity index (χ1) is 6.61. The monoisotopic (exact) mass is 200 g/mol. The maximum Gasteiger partial charge on any atom is 0.236 e. The molecule has 3 heteroatoms. The Morgan fingerprint density at radius 3 is 2.00 bits per heavy atom. The predicted octanol–water partition coefficient (Wildman–Crippen LogP) is 1.61. The van der Waals surface area contributed by atoms with Crippen LogP contribution in [0.2, 0.25) is 0 Å². The number of nitrogens with zero attached hydrogens (tertiary/aromatic N) is 2. The summed E-state index contributed by atoms with van der Waals surface area (Å²) in [5.74, 6) is 0.226. The van der Waals surface area contributed by atoms with Gasteiger partial charge in [-0.2, -0.15) is 0 Å². The molecule has 84 valence electrons. The molecule has 1 rings (SSSR count). The molecule has 0 unspecified atom stereocenters. The van der Waals surface area contributed by atoms with E-state index in [1.54, 1.807) is 11.0 Å². The predicted molar refractivity (Wildman–Crippen MR) is 62.4 cm³/mol. The van der Waals surface area contributed by atoms with E-state index < -0.39 is 0 Å². The topological polar surface area (TPSA) is 23.6 Å². The van der Waals surface area contributed by atoms with Crippen LogP contribution in [0.15, 0.2) is 12.7 Å². The van der Waals surface area contributed by atoms with Gasteiger partial charge < -0.3 is 4.90 Å². The maximum atomic E-state index is 10.9. The quantitative estimate of drug-likeness (QED) is 0.555. The van der Waals surface area contributed by atoms with Gasteiger partial charge in [0.25, 0.3) is 0 Å². The lowest BCUT2D eigenvalue weighted by Gasteiger charge is -2.28. The summed E-state index contributed by atoms with van der Waals surface area (Å²) in [5, 5.41) is 0. The van der Waals surface area contributed by atoms with Gasteiger partial charge in [0, 0.05) is 20.1 Å². The van der Waals surface area contributed by atoms with E-state index in [0.717, 1.165) is 13.1 Å². The van der Waals surface area contributed by atoms with Crippen molar-refractivity contribution in [2.75, 3.05) is 33.7 Å². The molecule has 1 saturated heterocycles. The lowest BCUT2D eigenvalue weighted by atomic mass is 10.3. The Balaban J connectivity index is 0. The van der Waals surface area contributed by atoms with Gasteiger partial charge in [-0.25, -0.2) is 0 Å². The highest BCUT2D eigenvalue weighted by Gasteiger charge is 2.16. The molecular formula is C11H24N2O. The fraction of sp³-hybridized carbons (Fsp3) is 0.727. The zero-order valence-corrected chi connectivity index (χ0v) is 10.2. The number of allylic oxidation sites excluding steroid dienone is 1. The number of hydrogen-bond donors (Lipinski definition) is 0. The molecule has 1 aliphatic heterocycles. The summed E-state index contributed by atoms with van der Waals surface area (Å²) in [4.78, 5) is 14.7. The van der Waals surface area contributed by atoms with Gasteiger partial charge in [-0.3, -0.25) is 9.69 Å². The van der Waals surface area contributed by atoms with Crippen molar-refractivity contribution in [1.82, 2.24) is 9.80 Å². The molecule has 0 aromatic heterocycles. The summed E-state index contributed by atoms with van der Waals surface area (Å²) in [6, 6.07) is 0. The van der Waals surface area contributed by atoms with Crippen LogP contribution in [0.3, 0.4) is 0 Å². The van der Waals surface area contributed by atoms with Crippen LogP contribution in [-0.2, 0) is 4.79 Å². The normalized spacial score (nSPS) is 16.1. The van der Waals surface area contributed by atoms with Crippen molar-refractivity contribution in [3.63, 3.8) is 0 Å². The van der Waals surface area contributed by atoms with Crippen molar-refractivity contribution in [2.45, 2.75) is 20.8 Å². The molecule has 0 aromatic carbocycles. The van der Waals surface area contributed by atoms with E-state index in [-0.39, 0.29) is 5.91 Å². The molecule has 3 nitrogen and oxygen atoms in total. The van der Waals surface area contributed by atoms with Crippen LogP contribution in [0.25, 0.3) is 0 Å². The second kappa shape index (κ2) is 10.3. The van der Waals surface area contributed by atoms with Crippen molar-refractivity contribution in [1.29, 1.82) is 0 Å². The fourth-order valence-electron chi connectivity index (χ4n) is 0.876. The van der Waals surface area contributed by atoms with Crippen LogP contribution < -0.4 is 0 Å². The minimum atomic E-state index is 0.226. The summed E-state index contributed by atoms with van der Waals surface area (Å²) in [7, 11) is 3.81. The van der Waals surface area contributed by atoms with Gasteiger partial charge in [-0.05, 0) is 14.0 Å². The van der Waals surface area contributed by atoms with Crippen molar-refractivity contribution in [3.8, 4) is 0 Å². The number of likely N-dealkylation sites (N-methyl/N-ethyl adjacent to an activating group) is 2. The molecule has 0 radical (unpaired) electrons. The number of hydrogen-bond acceptors (Lipinski definition) is 2. The Kier molecular flexibility index (Phi) is 11.4. The molecule has 0 N–H and O–H groups in total. The Labute approximate surface area is 88.4 Å². The van der Waals surface area contributed by atoms with E-state index in [1.165, 1.54) is 0 Å². The smallest absolute Gasteiger partial charge is 0.236 e. The van der Waals surface area contributed by atoms with Crippen molar-refractivity contribution in [3.05, 3.63) is 12.7 Å². The van der Waals surface area contributed by atoms with E-state index in [2.05, 4.69) is 6.58 Å². The van der Waals surface area contributed by atoms with E-state index in [0.29, 0.717) is 6.54 Å². The summed E-state index contributed by atoms with van der Waals surface area (Å²) in [5.41, 5.74) is 0. The van der Waals surface area contributed by atoms with Gasteiger partial charge in [0.1, 0.15) is 0 Å². The van der Waals surface area contributed by atoms with Crippen LogP contribution in [0.1, 0.15) is 20.8 Å². The van der Waals surface area contributed by atoms with Gasteiger partial charge in [-0.15, -0.1) is 6.58 Å². The molecule has 0 aromatic rings. The van der Waals surface area contributed by atoms with E-state index >= 15 is 0 Å². The molecule has 0 spiro atoms. The van der Waals surface area contributed by atoms with Crippen molar-refractivity contribution < 1.29 is 4.79 Å². The zero-order valence-electron chi connectivity index (χ0n) is 10.2. The molecule has 1 heterocycles. The minimum Gasteiger partial charge on any atom is -0.343 e. The van der Waals surface area contributed by atoms with Crippen LogP contribution in [-0.4, -0.2) is 49.4 Å². The molecule has 0 aliphatic carbocycles. The second-order valence-corrected chi connectivity index (χ2v) is 2.96. The second-order valence-electron chi connectivity index (χ2n) is 2.96. The molecule has 1 aliphatic rings. The first-order valence-electron chi connectivity index (χ1n) is 5.11. The molecule has 1 amide bonds. The van der Waals surface area contributed by atoms with Crippen LogP contribution in [0.5, 0.6) is 0 Å². The summed E-state index contributed by atoms with van der Waals surface area (Å²) in [6.45, 7) is 11.7. The average molecular weight is 200 g/mol. The molecular weight excluding hydrogens is 176 g/mol. The Morgan fingerprint density at radius 1 is 1.29 bits per heavy atom. The van der Waals surface area contributed by atoms with Crippen molar-refractivity contribution in [2.24, 2.45) is 0 Å². The third-order valence-corrected chi connectivity index (χ3v) is 1.65. The van der Waals surface area contributed by atoms with Gasteiger partial charge in [-0.1, -0.05) is 19.9 Å². The molecule has 1 fully saturated rings. The van der Waals surface area contributed by atoms with E-state index in [4.69, 9.17) is 0 Å². The molecule has 0 saturated carbocycles. The van der Waals surface area contributed by atoms with Crippen LogP contribution in [0, 0.1) is 0 Å². The summed E-state index contributed by atoms with van der Waals surface area (Å²) in [6.07, 6.45) is 1.75. The lowest BCUT2D eigenvalue weighted by Crippen LogP contribution is -2.46. The average Bonchev–Trinajstić information content (AvgIpc) is 2.17. The highest BCUT2D eigenvalue weighted by Crippen LogP contribution is 1.95. The van der Waals surface area contributed by atoms with Gasteiger partial charge in [0.05, 0.1) is 6.54 Å². The number of carbonyl (C=O) groups excluding carboxylic acids is 1.